The van der Waals surface area contributed by atoms with Crippen LogP contribution < -0.4 is 5.32 Å². The number of hydrogen-bond donors (Lipinski definition) is 1. The molecule has 0 aromatic carbocycles. The van der Waals surface area contributed by atoms with Gasteiger partial charge in [-0.05, 0) is 18.9 Å². The lowest BCUT2D eigenvalue weighted by molar-refractivity contribution is 0.0907. The van der Waals surface area contributed by atoms with Gasteiger partial charge in [0.2, 0.25) is 0 Å². The zero-order chi connectivity index (χ0) is 14.4. The fourth-order valence-electron chi connectivity index (χ4n) is 2.62. The van der Waals surface area contributed by atoms with Crippen LogP contribution in [-0.2, 0) is 0 Å². The van der Waals surface area contributed by atoms with Crippen LogP contribution in [0.4, 0.5) is 0 Å². The van der Waals surface area contributed by atoms with Crippen LogP contribution in [0.1, 0.15) is 55.3 Å². The van der Waals surface area contributed by atoms with Gasteiger partial charge in [0, 0.05) is 12.4 Å². The summed E-state index contributed by atoms with van der Waals surface area (Å²) in [6, 6.07) is 3.89. The largest absolute Gasteiger partial charge is 0.334 e. The van der Waals surface area contributed by atoms with Gasteiger partial charge in [-0.2, -0.15) is 5.26 Å². The van der Waals surface area contributed by atoms with Crippen LogP contribution in [0.5, 0.6) is 0 Å². The Morgan fingerprint density at radius 1 is 1.30 bits per heavy atom. The van der Waals surface area contributed by atoms with Crippen LogP contribution in [0.15, 0.2) is 18.5 Å². The normalized spacial score (nSPS) is 18.4. The quantitative estimate of drug-likeness (QED) is 0.907. The summed E-state index contributed by atoms with van der Waals surface area (Å²) < 4.78 is 0. The molecular formula is C15H18ClN3O. The molecule has 0 atom stereocenters. The van der Waals surface area contributed by atoms with Gasteiger partial charge in [0.25, 0.3) is 5.91 Å². The number of rotatable bonds is 2. The van der Waals surface area contributed by atoms with Crippen molar-refractivity contribution in [3.05, 3.63) is 29.0 Å². The van der Waals surface area contributed by atoms with Gasteiger partial charge < -0.3 is 5.32 Å². The van der Waals surface area contributed by atoms with Crippen LogP contribution in [-0.4, -0.2) is 16.4 Å². The molecule has 1 aromatic heterocycles. The standard InChI is InChI=1S/C15H18ClN3O/c16-13-10-18-9-6-12(13)14(20)19-15(11-17)7-4-2-1-3-5-8-15/h6,9-10H,1-5,7-8H2,(H,19,20). The van der Waals surface area contributed by atoms with E-state index in [1.54, 1.807) is 6.07 Å². The average Bonchev–Trinajstić information content (AvgIpc) is 2.42. The zero-order valence-electron chi connectivity index (χ0n) is 11.4. The summed E-state index contributed by atoms with van der Waals surface area (Å²) in [4.78, 5) is 16.2. The minimum absolute atomic E-state index is 0.292. The van der Waals surface area contributed by atoms with E-state index in [-0.39, 0.29) is 5.91 Å². The van der Waals surface area contributed by atoms with E-state index in [0.717, 1.165) is 25.7 Å². The number of nitrogens with one attached hydrogen (secondary N) is 1. The van der Waals surface area contributed by atoms with Gasteiger partial charge >= 0.3 is 0 Å². The lowest BCUT2D eigenvalue weighted by Gasteiger charge is -2.29. The Morgan fingerprint density at radius 3 is 2.55 bits per heavy atom. The fourth-order valence-corrected chi connectivity index (χ4v) is 2.82. The minimum Gasteiger partial charge on any atom is -0.334 e. The van der Waals surface area contributed by atoms with Crippen LogP contribution >= 0.6 is 11.6 Å². The maximum atomic E-state index is 12.3. The number of aromatic nitrogens is 1. The number of carbonyl (C=O) groups is 1. The number of nitrogens with zero attached hydrogens (tertiary/aromatic N) is 2. The zero-order valence-corrected chi connectivity index (χ0v) is 12.1. The van der Waals surface area contributed by atoms with E-state index in [0.29, 0.717) is 23.4 Å². The van der Waals surface area contributed by atoms with Crippen molar-refractivity contribution in [2.24, 2.45) is 0 Å². The van der Waals surface area contributed by atoms with E-state index in [1.807, 2.05) is 0 Å². The molecule has 1 aliphatic rings. The fraction of sp³-hybridized carbons (Fsp3) is 0.533. The predicted molar refractivity (Wildman–Crippen MR) is 77.4 cm³/mol. The second kappa shape index (κ2) is 6.71. The molecule has 4 nitrogen and oxygen atoms in total. The molecule has 1 amide bonds. The summed E-state index contributed by atoms with van der Waals surface area (Å²) in [5.41, 5.74) is -0.386. The highest BCUT2D eigenvalue weighted by molar-refractivity contribution is 6.33. The molecular weight excluding hydrogens is 274 g/mol. The predicted octanol–water partition coefficient (Wildman–Crippen LogP) is 3.47. The Bertz CT molecular complexity index is 516. The molecule has 0 radical (unpaired) electrons. The van der Waals surface area contributed by atoms with E-state index in [2.05, 4.69) is 16.4 Å². The molecule has 1 fully saturated rings. The van der Waals surface area contributed by atoms with Crippen molar-refractivity contribution >= 4 is 17.5 Å². The van der Waals surface area contributed by atoms with Gasteiger partial charge in [0.05, 0.1) is 16.7 Å². The molecule has 0 aliphatic heterocycles. The van der Waals surface area contributed by atoms with Crippen LogP contribution in [0, 0.1) is 11.3 Å². The Balaban J connectivity index is 2.14. The highest BCUT2D eigenvalue weighted by Crippen LogP contribution is 2.26. The van der Waals surface area contributed by atoms with Gasteiger partial charge in [0.1, 0.15) is 5.54 Å². The number of carbonyl (C=O) groups excluding carboxylic acids is 1. The summed E-state index contributed by atoms with van der Waals surface area (Å²) in [6.45, 7) is 0. The molecule has 1 saturated carbocycles. The lowest BCUT2D eigenvalue weighted by atomic mass is 9.85. The van der Waals surface area contributed by atoms with E-state index in [1.165, 1.54) is 18.8 Å². The van der Waals surface area contributed by atoms with E-state index >= 15 is 0 Å². The monoisotopic (exact) mass is 291 g/mol. The maximum absolute atomic E-state index is 12.3. The Morgan fingerprint density at radius 2 is 1.95 bits per heavy atom. The Hall–Kier alpha value is -1.60. The topological polar surface area (TPSA) is 65.8 Å². The summed E-state index contributed by atoms with van der Waals surface area (Å²) in [5.74, 6) is -0.292. The van der Waals surface area contributed by atoms with Crippen molar-refractivity contribution < 1.29 is 4.79 Å². The Labute approximate surface area is 124 Å². The number of pyridine rings is 1. The third-order valence-corrected chi connectivity index (χ3v) is 4.09. The number of hydrogen-bond acceptors (Lipinski definition) is 3. The molecule has 0 saturated heterocycles. The summed E-state index contributed by atoms with van der Waals surface area (Å²) in [7, 11) is 0. The molecule has 106 valence electrons. The third-order valence-electron chi connectivity index (χ3n) is 3.79. The van der Waals surface area contributed by atoms with Crippen molar-refractivity contribution in [2.45, 2.75) is 50.5 Å². The molecule has 5 heteroatoms. The molecule has 1 heterocycles. The van der Waals surface area contributed by atoms with Crippen molar-refractivity contribution in [3.8, 4) is 6.07 Å². The number of halogens is 1. The molecule has 2 rings (SSSR count). The highest BCUT2D eigenvalue weighted by Gasteiger charge is 2.32. The lowest BCUT2D eigenvalue weighted by Crippen LogP contribution is -2.47. The first-order valence-electron chi connectivity index (χ1n) is 7.00. The molecule has 0 bridgehead atoms. The van der Waals surface area contributed by atoms with E-state index in [4.69, 9.17) is 11.6 Å². The molecule has 1 aliphatic carbocycles. The number of amides is 1. The Kier molecular flexibility index (Phi) is 4.97. The molecule has 0 unspecified atom stereocenters. The first kappa shape index (κ1) is 14.8. The summed E-state index contributed by atoms with van der Waals surface area (Å²) >= 11 is 5.98. The smallest absolute Gasteiger partial charge is 0.254 e. The molecule has 1 N–H and O–H groups in total. The van der Waals surface area contributed by atoms with Gasteiger partial charge in [-0.15, -0.1) is 0 Å². The first-order chi connectivity index (χ1) is 9.67. The second-order valence-electron chi connectivity index (χ2n) is 5.27. The second-order valence-corrected chi connectivity index (χ2v) is 5.68. The van der Waals surface area contributed by atoms with Crippen LogP contribution in [0.25, 0.3) is 0 Å². The molecule has 1 aromatic rings. The average molecular weight is 292 g/mol. The summed E-state index contributed by atoms with van der Waals surface area (Å²) in [5, 5.41) is 12.7. The highest BCUT2D eigenvalue weighted by atomic mass is 35.5. The van der Waals surface area contributed by atoms with Crippen molar-refractivity contribution in [1.82, 2.24) is 10.3 Å². The minimum atomic E-state index is -0.760. The maximum Gasteiger partial charge on any atom is 0.254 e. The first-order valence-corrected chi connectivity index (χ1v) is 7.38. The van der Waals surface area contributed by atoms with Crippen molar-refractivity contribution in [3.63, 3.8) is 0 Å². The van der Waals surface area contributed by atoms with E-state index < -0.39 is 5.54 Å². The van der Waals surface area contributed by atoms with Crippen molar-refractivity contribution in [1.29, 1.82) is 5.26 Å². The SMILES string of the molecule is N#CC1(NC(=O)c2ccncc2Cl)CCCCCCC1. The summed E-state index contributed by atoms with van der Waals surface area (Å²) in [6.07, 6.45) is 9.77. The van der Waals surface area contributed by atoms with Gasteiger partial charge in [-0.25, -0.2) is 0 Å². The van der Waals surface area contributed by atoms with Crippen LogP contribution in [0.3, 0.4) is 0 Å². The number of nitriles is 1. The van der Waals surface area contributed by atoms with Gasteiger partial charge in [-0.1, -0.05) is 43.7 Å². The van der Waals surface area contributed by atoms with Gasteiger partial charge in [0.15, 0.2) is 0 Å². The third kappa shape index (κ3) is 3.49. The van der Waals surface area contributed by atoms with E-state index in [9.17, 15) is 10.1 Å². The van der Waals surface area contributed by atoms with Crippen LogP contribution in [0.2, 0.25) is 5.02 Å². The van der Waals surface area contributed by atoms with Gasteiger partial charge in [-0.3, -0.25) is 9.78 Å². The van der Waals surface area contributed by atoms with Crippen molar-refractivity contribution in [2.75, 3.05) is 0 Å². The molecule has 0 spiro atoms. The molecule has 20 heavy (non-hydrogen) atoms.